The number of pyridine rings is 1. The Balaban J connectivity index is 1.38. The van der Waals surface area contributed by atoms with Gasteiger partial charge in [0.05, 0.1) is 17.9 Å². The first-order valence-electron chi connectivity index (χ1n) is 12.2. The molecule has 0 aliphatic carbocycles. The standard InChI is InChI=1S/C27H23F2N7O2/c1-16(37)32-20-8-17(23-3-2-19(28)11-24(23)29)9-22(12-20)35-15-31-25-10-18(13-30-27(25)35)26-14-36(34-33-26)21-4-6-38-7-5-21/h2-3,8-15,21H,4-7H2,1H3,(H,32,37). The quantitative estimate of drug-likeness (QED) is 0.356. The first-order chi connectivity index (χ1) is 18.4. The van der Waals surface area contributed by atoms with E-state index in [0.717, 1.165) is 24.5 Å². The molecule has 11 heteroatoms. The number of nitrogens with one attached hydrogen (secondary N) is 1. The number of anilines is 1. The average molecular weight is 516 g/mol. The lowest BCUT2D eigenvalue weighted by molar-refractivity contribution is -0.114. The molecule has 1 saturated heterocycles. The monoisotopic (exact) mass is 515 g/mol. The summed E-state index contributed by atoms with van der Waals surface area (Å²) < 4.78 is 37.2. The van der Waals surface area contributed by atoms with E-state index >= 15 is 0 Å². The second-order valence-electron chi connectivity index (χ2n) is 9.18. The molecule has 0 atom stereocenters. The van der Waals surface area contributed by atoms with Gasteiger partial charge in [0.25, 0.3) is 0 Å². The Bertz CT molecular complexity index is 1660. The van der Waals surface area contributed by atoms with Gasteiger partial charge in [0.2, 0.25) is 5.91 Å². The molecule has 1 aliphatic heterocycles. The zero-order valence-corrected chi connectivity index (χ0v) is 20.4. The van der Waals surface area contributed by atoms with E-state index in [0.29, 0.717) is 47.0 Å². The van der Waals surface area contributed by atoms with Gasteiger partial charge in [-0.25, -0.2) is 23.4 Å². The third kappa shape index (κ3) is 4.63. The van der Waals surface area contributed by atoms with Gasteiger partial charge in [0.1, 0.15) is 29.2 Å². The fraction of sp³-hybridized carbons (Fsp3) is 0.222. The first kappa shape index (κ1) is 23.9. The minimum atomic E-state index is -0.706. The third-order valence-electron chi connectivity index (χ3n) is 6.52. The lowest BCUT2D eigenvalue weighted by atomic mass is 10.0. The molecule has 0 saturated carbocycles. The molecule has 0 unspecified atom stereocenters. The van der Waals surface area contributed by atoms with E-state index in [1.54, 1.807) is 35.3 Å². The Morgan fingerprint density at radius 3 is 2.68 bits per heavy atom. The van der Waals surface area contributed by atoms with Gasteiger partial charge in [0, 0.05) is 49.2 Å². The number of hydrogen-bond acceptors (Lipinski definition) is 6. The van der Waals surface area contributed by atoms with Crippen LogP contribution in [0.4, 0.5) is 14.5 Å². The van der Waals surface area contributed by atoms with Crippen LogP contribution in [0.15, 0.2) is 61.2 Å². The molecule has 5 aromatic rings. The first-order valence-corrected chi connectivity index (χ1v) is 12.2. The zero-order chi connectivity index (χ0) is 26.2. The van der Waals surface area contributed by atoms with Crippen molar-refractivity contribution < 1.29 is 18.3 Å². The molecule has 0 bridgehead atoms. The van der Waals surface area contributed by atoms with E-state index in [4.69, 9.17) is 4.74 Å². The van der Waals surface area contributed by atoms with E-state index < -0.39 is 11.6 Å². The highest BCUT2D eigenvalue weighted by molar-refractivity contribution is 5.90. The number of fused-ring (bicyclic) bond motifs is 1. The lowest BCUT2D eigenvalue weighted by Crippen LogP contribution is -2.19. The molecule has 2 aromatic carbocycles. The number of halogens is 2. The maximum atomic E-state index is 14.6. The molecular formula is C27H23F2N7O2. The highest BCUT2D eigenvalue weighted by atomic mass is 19.1. The Hall–Kier alpha value is -4.51. The zero-order valence-electron chi connectivity index (χ0n) is 20.4. The molecule has 9 nitrogen and oxygen atoms in total. The van der Waals surface area contributed by atoms with Crippen molar-refractivity contribution >= 4 is 22.8 Å². The molecule has 1 fully saturated rings. The van der Waals surface area contributed by atoms with Crippen LogP contribution in [0, 0.1) is 11.6 Å². The number of ether oxygens (including phenoxy) is 1. The van der Waals surface area contributed by atoms with Crippen molar-refractivity contribution in [3.05, 3.63) is 72.8 Å². The van der Waals surface area contributed by atoms with Crippen LogP contribution in [0.5, 0.6) is 0 Å². The van der Waals surface area contributed by atoms with Gasteiger partial charge in [-0.1, -0.05) is 5.21 Å². The van der Waals surface area contributed by atoms with Gasteiger partial charge in [-0.2, -0.15) is 0 Å². The number of amides is 1. The van der Waals surface area contributed by atoms with Crippen LogP contribution in [-0.4, -0.2) is 48.6 Å². The molecule has 0 radical (unpaired) electrons. The molecule has 192 valence electrons. The number of rotatable bonds is 5. The Morgan fingerprint density at radius 1 is 1.05 bits per heavy atom. The molecule has 3 aromatic heterocycles. The fourth-order valence-electron chi connectivity index (χ4n) is 4.67. The van der Waals surface area contributed by atoms with E-state index in [9.17, 15) is 13.6 Å². The second kappa shape index (κ2) is 9.75. The van der Waals surface area contributed by atoms with E-state index in [-0.39, 0.29) is 17.5 Å². The Labute approximate surface area is 216 Å². The van der Waals surface area contributed by atoms with Gasteiger partial charge in [0.15, 0.2) is 5.65 Å². The number of carbonyl (C=O) groups is 1. The van der Waals surface area contributed by atoms with Crippen LogP contribution in [0.2, 0.25) is 0 Å². The number of aromatic nitrogens is 6. The number of imidazole rings is 1. The van der Waals surface area contributed by atoms with Gasteiger partial charge < -0.3 is 10.1 Å². The van der Waals surface area contributed by atoms with Crippen molar-refractivity contribution in [1.82, 2.24) is 29.5 Å². The van der Waals surface area contributed by atoms with Gasteiger partial charge in [-0.05, 0) is 54.8 Å². The van der Waals surface area contributed by atoms with Gasteiger partial charge in [-0.3, -0.25) is 9.36 Å². The van der Waals surface area contributed by atoms with Crippen LogP contribution >= 0.6 is 0 Å². The summed E-state index contributed by atoms with van der Waals surface area (Å²) in [6.07, 6.45) is 7.02. The summed E-state index contributed by atoms with van der Waals surface area (Å²) in [5, 5.41) is 11.4. The largest absolute Gasteiger partial charge is 0.381 e. The minimum Gasteiger partial charge on any atom is -0.381 e. The maximum absolute atomic E-state index is 14.6. The summed E-state index contributed by atoms with van der Waals surface area (Å²) >= 11 is 0. The average Bonchev–Trinajstić information content (AvgIpc) is 3.56. The van der Waals surface area contributed by atoms with Crippen molar-refractivity contribution in [2.45, 2.75) is 25.8 Å². The van der Waals surface area contributed by atoms with Crippen LogP contribution < -0.4 is 5.32 Å². The molecule has 6 rings (SSSR count). The SMILES string of the molecule is CC(=O)Nc1cc(-c2ccc(F)cc2F)cc(-n2cnc3cc(-c4cn(C5CCOCC5)nn4)cnc32)c1. The van der Waals surface area contributed by atoms with E-state index in [2.05, 4.69) is 25.6 Å². The highest BCUT2D eigenvalue weighted by Crippen LogP contribution is 2.31. The molecule has 1 N–H and O–H groups in total. The summed E-state index contributed by atoms with van der Waals surface area (Å²) in [6.45, 7) is 2.81. The lowest BCUT2D eigenvalue weighted by Gasteiger charge is -2.21. The topological polar surface area (TPSA) is 99.8 Å². The normalized spacial score (nSPS) is 14.2. The molecular weight excluding hydrogens is 492 g/mol. The second-order valence-corrected chi connectivity index (χ2v) is 9.18. The van der Waals surface area contributed by atoms with Crippen LogP contribution in [0.25, 0.3) is 39.2 Å². The van der Waals surface area contributed by atoms with E-state index in [1.165, 1.54) is 19.1 Å². The minimum absolute atomic E-state index is 0.201. The van der Waals surface area contributed by atoms with Gasteiger partial charge in [-0.15, -0.1) is 5.10 Å². The summed E-state index contributed by atoms with van der Waals surface area (Å²) in [7, 11) is 0. The summed E-state index contributed by atoms with van der Waals surface area (Å²) in [6, 6.07) is 10.6. The molecule has 4 heterocycles. The Morgan fingerprint density at radius 2 is 1.89 bits per heavy atom. The third-order valence-corrected chi connectivity index (χ3v) is 6.52. The van der Waals surface area contributed by atoms with Gasteiger partial charge >= 0.3 is 0 Å². The van der Waals surface area contributed by atoms with Crippen molar-refractivity contribution in [3.63, 3.8) is 0 Å². The summed E-state index contributed by atoms with van der Waals surface area (Å²) in [5.41, 5.74) is 4.39. The molecule has 38 heavy (non-hydrogen) atoms. The predicted octanol–water partition coefficient (Wildman–Crippen LogP) is 4.93. The van der Waals surface area contributed by atoms with Crippen molar-refractivity contribution in [1.29, 1.82) is 0 Å². The maximum Gasteiger partial charge on any atom is 0.221 e. The molecule has 0 spiro atoms. The van der Waals surface area contributed by atoms with Crippen molar-refractivity contribution in [3.8, 4) is 28.1 Å². The van der Waals surface area contributed by atoms with Crippen LogP contribution in [-0.2, 0) is 9.53 Å². The summed E-state index contributed by atoms with van der Waals surface area (Å²) in [5.74, 6) is -1.65. The molecule has 1 amide bonds. The van der Waals surface area contributed by atoms with Crippen LogP contribution in [0.3, 0.4) is 0 Å². The number of benzene rings is 2. The predicted molar refractivity (Wildman–Crippen MR) is 137 cm³/mol. The highest BCUT2D eigenvalue weighted by Gasteiger charge is 2.19. The summed E-state index contributed by atoms with van der Waals surface area (Å²) in [4.78, 5) is 20.9. The fourth-order valence-corrected chi connectivity index (χ4v) is 4.67. The molecule has 1 aliphatic rings. The number of carbonyl (C=O) groups excluding carboxylic acids is 1. The number of nitrogens with zero attached hydrogens (tertiary/aromatic N) is 6. The smallest absolute Gasteiger partial charge is 0.221 e. The van der Waals surface area contributed by atoms with Crippen molar-refractivity contribution in [2.75, 3.05) is 18.5 Å². The Kier molecular flexibility index (Phi) is 6.12. The van der Waals surface area contributed by atoms with Crippen LogP contribution in [0.1, 0.15) is 25.8 Å². The number of hydrogen-bond donors (Lipinski definition) is 1. The van der Waals surface area contributed by atoms with E-state index in [1.807, 2.05) is 16.9 Å². The van der Waals surface area contributed by atoms with Crippen molar-refractivity contribution in [2.24, 2.45) is 0 Å².